The molecule has 1 nitrogen and oxygen atoms in total. The van der Waals surface area contributed by atoms with Crippen molar-refractivity contribution < 1.29 is 5.11 Å². The van der Waals surface area contributed by atoms with E-state index in [1.807, 2.05) is 11.8 Å². The van der Waals surface area contributed by atoms with E-state index < -0.39 is 0 Å². The Kier molecular flexibility index (Phi) is 3.91. The van der Waals surface area contributed by atoms with Crippen LogP contribution in [0.2, 0.25) is 0 Å². The first-order valence-electron chi connectivity index (χ1n) is 4.94. The summed E-state index contributed by atoms with van der Waals surface area (Å²) in [6.45, 7) is 6.76. The van der Waals surface area contributed by atoms with E-state index in [0.29, 0.717) is 10.5 Å². The molecule has 3 unspecified atom stereocenters. The summed E-state index contributed by atoms with van der Waals surface area (Å²) in [7, 11) is 0. The maximum atomic E-state index is 9.60. The molecule has 1 rings (SSSR count). The van der Waals surface area contributed by atoms with Crippen LogP contribution in [0.3, 0.4) is 0 Å². The van der Waals surface area contributed by atoms with Gasteiger partial charge in [-0.25, -0.2) is 0 Å². The number of hydrogen-bond acceptors (Lipinski definition) is 2. The summed E-state index contributed by atoms with van der Waals surface area (Å²) < 4.78 is 0. The molecule has 0 bridgehead atoms. The molecular weight excluding hydrogens is 168 g/mol. The lowest BCUT2D eigenvalue weighted by molar-refractivity contribution is 0.188. The number of rotatable bonds is 3. The van der Waals surface area contributed by atoms with Gasteiger partial charge in [-0.1, -0.05) is 20.8 Å². The third-order valence-electron chi connectivity index (χ3n) is 2.75. The lowest BCUT2D eigenvalue weighted by atomic mass is 10.2. The smallest absolute Gasteiger partial charge is 0.0658 e. The summed E-state index contributed by atoms with van der Waals surface area (Å²) >= 11 is 1.97. The Balaban J connectivity index is 2.30. The summed E-state index contributed by atoms with van der Waals surface area (Å²) in [5.74, 6) is 0.725. The first kappa shape index (κ1) is 10.4. The highest BCUT2D eigenvalue weighted by molar-refractivity contribution is 8.00. The minimum atomic E-state index is -0.0313. The maximum Gasteiger partial charge on any atom is 0.0658 e. The molecule has 2 heteroatoms. The summed E-state index contributed by atoms with van der Waals surface area (Å²) in [6.07, 6.45) is 3.41. The predicted molar refractivity (Wildman–Crippen MR) is 55.5 cm³/mol. The Morgan fingerprint density at radius 2 is 1.92 bits per heavy atom. The third kappa shape index (κ3) is 2.67. The van der Waals surface area contributed by atoms with Crippen molar-refractivity contribution in [2.75, 3.05) is 0 Å². The fraction of sp³-hybridized carbons (Fsp3) is 1.00. The van der Waals surface area contributed by atoms with Crippen molar-refractivity contribution in [3.63, 3.8) is 0 Å². The first-order valence-corrected chi connectivity index (χ1v) is 5.89. The lowest BCUT2D eigenvalue weighted by Gasteiger charge is -2.21. The second kappa shape index (κ2) is 4.52. The average Bonchev–Trinajstić information content (AvgIpc) is 2.36. The molecule has 1 aliphatic rings. The van der Waals surface area contributed by atoms with Gasteiger partial charge in [-0.05, 0) is 25.2 Å². The highest BCUT2D eigenvalue weighted by Gasteiger charge is 2.27. The molecule has 0 aromatic carbocycles. The van der Waals surface area contributed by atoms with E-state index in [4.69, 9.17) is 0 Å². The Labute approximate surface area is 79.9 Å². The maximum absolute atomic E-state index is 9.60. The van der Waals surface area contributed by atoms with Crippen molar-refractivity contribution in [1.82, 2.24) is 0 Å². The number of aliphatic hydroxyl groups excluding tert-OH is 1. The van der Waals surface area contributed by atoms with Crippen LogP contribution in [0, 0.1) is 5.92 Å². The quantitative estimate of drug-likeness (QED) is 0.735. The van der Waals surface area contributed by atoms with Crippen molar-refractivity contribution in [1.29, 1.82) is 0 Å². The summed E-state index contributed by atoms with van der Waals surface area (Å²) in [5.41, 5.74) is 0. The molecular formula is C10H20OS. The molecule has 1 saturated carbocycles. The van der Waals surface area contributed by atoms with Crippen LogP contribution >= 0.6 is 11.8 Å². The van der Waals surface area contributed by atoms with E-state index in [1.165, 1.54) is 12.8 Å². The van der Waals surface area contributed by atoms with Crippen molar-refractivity contribution in [3.05, 3.63) is 0 Å². The minimum Gasteiger partial charge on any atom is -0.392 e. The second-order valence-corrected chi connectivity index (χ2v) is 5.74. The highest BCUT2D eigenvalue weighted by atomic mass is 32.2. The van der Waals surface area contributed by atoms with Gasteiger partial charge in [0.2, 0.25) is 0 Å². The monoisotopic (exact) mass is 188 g/mol. The molecule has 1 N–H and O–H groups in total. The van der Waals surface area contributed by atoms with Crippen LogP contribution < -0.4 is 0 Å². The van der Waals surface area contributed by atoms with Crippen LogP contribution in [-0.2, 0) is 0 Å². The van der Waals surface area contributed by atoms with E-state index >= 15 is 0 Å². The second-order valence-electron chi connectivity index (χ2n) is 4.12. The topological polar surface area (TPSA) is 20.2 Å². The predicted octanol–water partition coefficient (Wildman–Crippen LogP) is 2.68. The van der Waals surface area contributed by atoms with Gasteiger partial charge < -0.3 is 5.11 Å². The molecule has 72 valence electrons. The largest absolute Gasteiger partial charge is 0.392 e. The van der Waals surface area contributed by atoms with E-state index in [2.05, 4.69) is 20.8 Å². The minimum absolute atomic E-state index is 0.0313. The van der Waals surface area contributed by atoms with Crippen LogP contribution in [0.4, 0.5) is 0 Å². The van der Waals surface area contributed by atoms with Gasteiger partial charge in [0.1, 0.15) is 0 Å². The molecule has 12 heavy (non-hydrogen) atoms. The molecule has 0 heterocycles. The SMILES string of the molecule is CC(C)C(C)SC1CCCC1O. The zero-order chi connectivity index (χ0) is 9.14. The van der Waals surface area contributed by atoms with Gasteiger partial charge in [0.05, 0.1) is 6.10 Å². The molecule has 0 spiro atoms. The number of aliphatic hydroxyl groups is 1. The summed E-state index contributed by atoms with van der Waals surface area (Å²) in [6, 6.07) is 0. The van der Waals surface area contributed by atoms with E-state index in [9.17, 15) is 5.11 Å². The first-order chi connectivity index (χ1) is 5.61. The van der Waals surface area contributed by atoms with Crippen molar-refractivity contribution >= 4 is 11.8 Å². The van der Waals surface area contributed by atoms with Crippen molar-refractivity contribution in [3.8, 4) is 0 Å². The molecule has 0 saturated heterocycles. The van der Waals surface area contributed by atoms with Crippen LogP contribution in [0.5, 0.6) is 0 Å². The van der Waals surface area contributed by atoms with E-state index in [0.717, 1.165) is 12.3 Å². The summed E-state index contributed by atoms with van der Waals surface area (Å²) in [5, 5.41) is 10.8. The van der Waals surface area contributed by atoms with Gasteiger partial charge >= 0.3 is 0 Å². The normalized spacial score (nSPS) is 32.8. The molecule has 0 radical (unpaired) electrons. The third-order valence-corrected chi connectivity index (χ3v) is 4.62. The average molecular weight is 188 g/mol. The molecule has 0 aromatic heterocycles. The van der Waals surface area contributed by atoms with Crippen molar-refractivity contribution in [2.45, 2.75) is 56.6 Å². The Morgan fingerprint density at radius 1 is 1.25 bits per heavy atom. The van der Waals surface area contributed by atoms with E-state index in [-0.39, 0.29) is 6.10 Å². The van der Waals surface area contributed by atoms with Gasteiger partial charge in [0.25, 0.3) is 0 Å². The molecule has 0 aliphatic heterocycles. The zero-order valence-corrected chi connectivity index (χ0v) is 9.10. The Bertz CT molecular complexity index is 136. The van der Waals surface area contributed by atoms with Gasteiger partial charge in [-0.3, -0.25) is 0 Å². The van der Waals surface area contributed by atoms with Crippen LogP contribution in [0.1, 0.15) is 40.0 Å². The zero-order valence-electron chi connectivity index (χ0n) is 8.29. The number of hydrogen-bond donors (Lipinski definition) is 1. The van der Waals surface area contributed by atoms with Crippen LogP contribution in [0.25, 0.3) is 0 Å². The molecule has 0 amide bonds. The lowest BCUT2D eigenvalue weighted by Crippen LogP contribution is -2.20. The molecule has 1 fully saturated rings. The summed E-state index contributed by atoms with van der Waals surface area (Å²) in [4.78, 5) is 0. The van der Waals surface area contributed by atoms with E-state index in [1.54, 1.807) is 0 Å². The number of thioether (sulfide) groups is 1. The fourth-order valence-electron chi connectivity index (χ4n) is 1.50. The molecule has 1 aliphatic carbocycles. The Hall–Kier alpha value is 0.310. The molecule has 0 aromatic rings. The fourth-order valence-corrected chi connectivity index (χ4v) is 2.98. The van der Waals surface area contributed by atoms with Gasteiger partial charge in [-0.15, -0.1) is 0 Å². The van der Waals surface area contributed by atoms with Gasteiger partial charge in [-0.2, -0.15) is 11.8 Å². The standard InChI is InChI=1S/C10H20OS/c1-7(2)8(3)12-10-6-4-5-9(10)11/h7-11H,4-6H2,1-3H3. The Morgan fingerprint density at radius 3 is 2.33 bits per heavy atom. The van der Waals surface area contributed by atoms with Crippen LogP contribution in [0.15, 0.2) is 0 Å². The van der Waals surface area contributed by atoms with Crippen LogP contribution in [-0.4, -0.2) is 21.7 Å². The van der Waals surface area contributed by atoms with Crippen molar-refractivity contribution in [2.24, 2.45) is 5.92 Å². The highest BCUT2D eigenvalue weighted by Crippen LogP contribution is 2.34. The van der Waals surface area contributed by atoms with Gasteiger partial charge in [0.15, 0.2) is 0 Å². The molecule has 3 atom stereocenters. The van der Waals surface area contributed by atoms with Gasteiger partial charge in [0, 0.05) is 10.5 Å².